The van der Waals surface area contributed by atoms with Gasteiger partial charge in [-0.05, 0) is 29.8 Å². The quantitative estimate of drug-likeness (QED) is 0.483. The van der Waals surface area contributed by atoms with E-state index in [-0.39, 0.29) is 6.42 Å². The third-order valence-corrected chi connectivity index (χ3v) is 5.97. The molecule has 0 unspecified atom stereocenters. The first-order chi connectivity index (χ1) is 15.7. The van der Waals surface area contributed by atoms with Crippen LogP contribution in [-0.4, -0.2) is 58.1 Å². The molecule has 0 bridgehead atoms. The SMILES string of the molecule is O=C(O)CCN1CCN(c2nc3ccc(OCc4ccccc4)cc3n3cccc23)CC1. The van der Waals surface area contributed by atoms with Crippen LogP contribution in [0.15, 0.2) is 66.9 Å². The maximum absolute atomic E-state index is 10.8. The molecule has 1 saturated heterocycles. The fourth-order valence-corrected chi connectivity index (χ4v) is 4.24. The summed E-state index contributed by atoms with van der Waals surface area (Å²) in [6.07, 6.45) is 2.25. The zero-order chi connectivity index (χ0) is 21.9. The summed E-state index contributed by atoms with van der Waals surface area (Å²) in [5.74, 6) is 1.04. The first-order valence-electron chi connectivity index (χ1n) is 10.9. The lowest BCUT2D eigenvalue weighted by molar-refractivity contribution is -0.137. The van der Waals surface area contributed by atoms with Crippen LogP contribution in [-0.2, 0) is 11.4 Å². The number of carboxylic acids is 1. The highest BCUT2D eigenvalue weighted by molar-refractivity contribution is 5.86. The summed E-state index contributed by atoms with van der Waals surface area (Å²) in [6.45, 7) is 4.46. The number of hydrogen-bond acceptors (Lipinski definition) is 5. The number of hydrogen-bond donors (Lipinski definition) is 1. The van der Waals surface area contributed by atoms with Crippen molar-refractivity contribution >= 4 is 28.3 Å². The van der Waals surface area contributed by atoms with E-state index in [1.165, 1.54) is 0 Å². The summed E-state index contributed by atoms with van der Waals surface area (Å²) >= 11 is 0. The molecule has 0 radical (unpaired) electrons. The highest BCUT2D eigenvalue weighted by Gasteiger charge is 2.21. The van der Waals surface area contributed by atoms with Crippen molar-refractivity contribution < 1.29 is 14.6 Å². The second-order valence-corrected chi connectivity index (χ2v) is 8.10. The minimum atomic E-state index is -0.745. The number of piperazine rings is 1. The molecule has 7 nitrogen and oxygen atoms in total. The van der Waals surface area contributed by atoms with Crippen LogP contribution in [0.25, 0.3) is 16.6 Å². The van der Waals surface area contributed by atoms with Crippen LogP contribution in [0.3, 0.4) is 0 Å². The smallest absolute Gasteiger partial charge is 0.304 e. The Bertz CT molecular complexity index is 1230. The molecule has 32 heavy (non-hydrogen) atoms. The number of nitrogens with zero attached hydrogens (tertiary/aromatic N) is 4. The minimum Gasteiger partial charge on any atom is -0.489 e. The van der Waals surface area contributed by atoms with Gasteiger partial charge < -0.3 is 19.1 Å². The maximum atomic E-state index is 10.8. The third-order valence-electron chi connectivity index (χ3n) is 5.97. The van der Waals surface area contributed by atoms with Gasteiger partial charge >= 0.3 is 5.97 Å². The molecular formula is C25H26N4O3. The third kappa shape index (κ3) is 4.24. The lowest BCUT2D eigenvalue weighted by atomic mass is 10.2. The molecule has 0 atom stereocenters. The zero-order valence-corrected chi connectivity index (χ0v) is 17.9. The number of rotatable bonds is 7. The first kappa shape index (κ1) is 20.3. The van der Waals surface area contributed by atoms with E-state index in [2.05, 4.69) is 38.6 Å². The molecule has 3 heterocycles. The van der Waals surface area contributed by atoms with E-state index in [0.29, 0.717) is 13.2 Å². The number of anilines is 1. The van der Waals surface area contributed by atoms with Gasteiger partial charge in [0.2, 0.25) is 0 Å². The van der Waals surface area contributed by atoms with Crippen molar-refractivity contribution in [1.82, 2.24) is 14.3 Å². The van der Waals surface area contributed by atoms with Crippen molar-refractivity contribution in [3.63, 3.8) is 0 Å². The molecule has 1 aliphatic heterocycles. The molecule has 0 amide bonds. The van der Waals surface area contributed by atoms with E-state index in [0.717, 1.165) is 59.9 Å². The minimum absolute atomic E-state index is 0.186. The highest BCUT2D eigenvalue weighted by Crippen LogP contribution is 2.28. The van der Waals surface area contributed by atoms with Gasteiger partial charge in [0.15, 0.2) is 5.82 Å². The van der Waals surface area contributed by atoms with Crippen molar-refractivity contribution in [1.29, 1.82) is 0 Å². The Hall–Kier alpha value is -3.58. The zero-order valence-electron chi connectivity index (χ0n) is 17.9. The van der Waals surface area contributed by atoms with Crippen LogP contribution in [0, 0.1) is 0 Å². The Labute approximate surface area is 186 Å². The predicted octanol–water partition coefficient (Wildman–Crippen LogP) is 3.66. The van der Waals surface area contributed by atoms with Crippen LogP contribution in [0.5, 0.6) is 5.75 Å². The fraction of sp³-hybridized carbons (Fsp3) is 0.280. The number of ether oxygens (including phenoxy) is 1. The molecule has 4 aromatic rings. The lowest BCUT2D eigenvalue weighted by Crippen LogP contribution is -2.47. The van der Waals surface area contributed by atoms with Crippen molar-refractivity contribution in [3.8, 4) is 5.75 Å². The van der Waals surface area contributed by atoms with E-state index in [9.17, 15) is 4.79 Å². The van der Waals surface area contributed by atoms with E-state index in [1.54, 1.807) is 0 Å². The number of aromatic nitrogens is 2. The molecule has 2 aromatic heterocycles. The Morgan fingerprint density at radius 3 is 2.56 bits per heavy atom. The van der Waals surface area contributed by atoms with Gasteiger partial charge in [0, 0.05) is 45.0 Å². The largest absolute Gasteiger partial charge is 0.489 e. The molecule has 7 heteroatoms. The number of fused-ring (bicyclic) bond motifs is 3. The number of carbonyl (C=O) groups is 1. The van der Waals surface area contributed by atoms with Gasteiger partial charge in [0.05, 0.1) is 23.0 Å². The van der Waals surface area contributed by atoms with Crippen molar-refractivity contribution in [2.75, 3.05) is 37.6 Å². The van der Waals surface area contributed by atoms with Crippen molar-refractivity contribution in [3.05, 3.63) is 72.4 Å². The summed E-state index contributed by atoms with van der Waals surface area (Å²) in [6, 6.07) is 20.3. The van der Waals surface area contributed by atoms with Crippen LogP contribution in [0.4, 0.5) is 5.82 Å². The molecule has 1 fully saturated rings. The highest BCUT2D eigenvalue weighted by atomic mass is 16.5. The molecule has 1 N–H and O–H groups in total. The Kier molecular flexibility index (Phi) is 5.64. The van der Waals surface area contributed by atoms with Gasteiger partial charge in [-0.2, -0.15) is 0 Å². The van der Waals surface area contributed by atoms with Gasteiger partial charge in [-0.15, -0.1) is 0 Å². The van der Waals surface area contributed by atoms with Crippen molar-refractivity contribution in [2.45, 2.75) is 13.0 Å². The number of carboxylic acid groups (broad SMARTS) is 1. The first-order valence-corrected chi connectivity index (χ1v) is 10.9. The van der Waals surface area contributed by atoms with E-state index >= 15 is 0 Å². The average Bonchev–Trinajstić information content (AvgIpc) is 3.32. The monoisotopic (exact) mass is 430 g/mol. The van der Waals surface area contributed by atoms with Gasteiger partial charge in [-0.25, -0.2) is 4.98 Å². The van der Waals surface area contributed by atoms with Gasteiger partial charge in [-0.1, -0.05) is 30.3 Å². The van der Waals surface area contributed by atoms with Crippen LogP contribution < -0.4 is 9.64 Å². The standard InChI is InChI=1S/C25H26N4O3/c30-24(31)10-12-27-13-15-28(16-14-27)25-22-7-4-11-29(22)23-17-20(8-9-21(23)26-25)32-18-19-5-2-1-3-6-19/h1-9,11,17H,10,12-16,18H2,(H,30,31). The van der Waals surface area contributed by atoms with Crippen LogP contribution >= 0.6 is 0 Å². The Morgan fingerprint density at radius 1 is 0.969 bits per heavy atom. The number of aliphatic carboxylic acids is 1. The maximum Gasteiger partial charge on any atom is 0.304 e. The van der Waals surface area contributed by atoms with Gasteiger partial charge in [0.25, 0.3) is 0 Å². The van der Waals surface area contributed by atoms with E-state index in [4.69, 9.17) is 14.8 Å². The summed E-state index contributed by atoms with van der Waals surface area (Å²) in [7, 11) is 0. The molecular weight excluding hydrogens is 404 g/mol. The van der Waals surface area contributed by atoms with Crippen LogP contribution in [0.1, 0.15) is 12.0 Å². The summed E-state index contributed by atoms with van der Waals surface area (Å²) in [4.78, 5) is 20.3. The van der Waals surface area contributed by atoms with Crippen molar-refractivity contribution in [2.24, 2.45) is 0 Å². The second-order valence-electron chi connectivity index (χ2n) is 8.10. The summed E-state index contributed by atoms with van der Waals surface area (Å²) in [5.41, 5.74) is 4.13. The molecule has 2 aromatic carbocycles. The lowest BCUT2D eigenvalue weighted by Gasteiger charge is -2.35. The van der Waals surface area contributed by atoms with E-state index in [1.807, 2.05) is 42.5 Å². The molecule has 0 aliphatic carbocycles. The molecule has 5 rings (SSSR count). The molecule has 164 valence electrons. The fourth-order valence-electron chi connectivity index (χ4n) is 4.24. The molecule has 1 aliphatic rings. The summed E-state index contributed by atoms with van der Waals surface area (Å²) in [5, 5.41) is 8.92. The van der Waals surface area contributed by atoms with E-state index < -0.39 is 5.97 Å². The normalized spacial score (nSPS) is 14.8. The van der Waals surface area contributed by atoms with Gasteiger partial charge in [-0.3, -0.25) is 9.69 Å². The average molecular weight is 431 g/mol. The molecule has 0 saturated carbocycles. The Balaban J connectivity index is 1.37. The van der Waals surface area contributed by atoms with Gasteiger partial charge in [0.1, 0.15) is 12.4 Å². The summed E-state index contributed by atoms with van der Waals surface area (Å²) < 4.78 is 8.20. The topological polar surface area (TPSA) is 70.3 Å². The second kappa shape index (κ2) is 8.88. The Morgan fingerprint density at radius 2 is 1.78 bits per heavy atom. The predicted molar refractivity (Wildman–Crippen MR) is 124 cm³/mol. The van der Waals surface area contributed by atoms with Crippen LogP contribution in [0.2, 0.25) is 0 Å². The number of benzene rings is 2. The molecule has 0 spiro atoms.